The normalized spacial score (nSPS) is 9.82. The fourth-order valence-corrected chi connectivity index (χ4v) is 0.655. The molecule has 0 N–H and O–H groups in total. The molecule has 0 radical (unpaired) electrons. The maximum absolute atomic E-state index is 5.34. The lowest BCUT2D eigenvalue weighted by Gasteiger charge is -1.90. The number of alkyl halides is 4. The van der Waals surface area contributed by atoms with Gasteiger partial charge in [0.25, 0.3) is 0 Å². The van der Waals surface area contributed by atoms with Crippen LogP contribution in [0.25, 0.3) is 0 Å². The van der Waals surface area contributed by atoms with E-state index in [0.29, 0.717) is 0 Å². The molecular formula is C7H14Cl4. The highest BCUT2D eigenvalue weighted by atomic mass is 35.5. The predicted octanol–water partition coefficient (Wildman–Crippen LogP) is 4.79. The van der Waals surface area contributed by atoms with Gasteiger partial charge >= 0.3 is 0 Å². The smallest absolute Gasteiger partial charge is 0.105 e. The van der Waals surface area contributed by atoms with E-state index in [4.69, 9.17) is 46.4 Å². The lowest BCUT2D eigenvalue weighted by atomic mass is 10.4. The average molecular weight is 240 g/mol. The Labute approximate surface area is 89.1 Å². The maximum atomic E-state index is 5.34. The third kappa shape index (κ3) is 24.7. The minimum Gasteiger partial charge on any atom is -0.105 e. The summed E-state index contributed by atoms with van der Waals surface area (Å²) in [6, 6.07) is 0. The Balaban J connectivity index is 0. The zero-order valence-electron chi connectivity index (χ0n) is 6.79. The number of halogens is 4. The Morgan fingerprint density at radius 2 is 1.27 bits per heavy atom. The first kappa shape index (κ1) is 14.7. The van der Waals surface area contributed by atoms with Crippen LogP contribution < -0.4 is 0 Å². The summed E-state index contributed by atoms with van der Waals surface area (Å²) in [5.41, 5.74) is 0. The first-order chi connectivity index (χ1) is 5.04. The van der Waals surface area contributed by atoms with Crippen molar-refractivity contribution in [2.45, 2.75) is 42.8 Å². The quantitative estimate of drug-likeness (QED) is 0.622. The zero-order chi connectivity index (χ0) is 9.28. The standard InChI is InChI=1S/C4H8Cl2.C3H6Cl2/c1-2-3-4(5)6;1-2-3(4)5/h4H,2-3H2,1H3;3H,2H2,1H3. The van der Waals surface area contributed by atoms with Crippen LogP contribution in [0.5, 0.6) is 0 Å². The van der Waals surface area contributed by atoms with E-state index >= 15 is 0 Å². The maximum Gasteiger partial charge on any atom is 0.107 e. The number of rotatable bonds is 3. The summed E-state index contributed by atoms with van der Waals surface area (Å²) in [5, 5.41) is 0. The molecule has 0 aliphatic carbocycles. The van der Waals surface area contributed by atoms with Crippen molar-refractivity contribution < 1.29 is 0 Å². The molecular weight excluding hydrogens is 226 g/mol. The van der Waals surface area contributed by atoms with Gasteiger partial charge in [0.1, 0.15) is 9.67 Å². The van der Waals surface area contributed by atoms with E-state index in [1.165, 1.54) is 0 Å². The summed E-state index contributed by atoms with van der Waals surface area (Å²) in [5.74, 6) is 0. The third-order valence-corrected chi connectivity index (χ3v) is 1.87. The van der Waals surface area contributed by atoms with Gasteiger partial charge in [0.15, 0.2) is 0 Å². The summed E-state index contributed by atoms with van der Waals surface area (Å²) < 4.78 is 0. The highest BCUT2D eigenvalue weighted by Gasteiger charge is 1.91. The molecule has 0 fully saturated rings. The fraction of sp³-hybridized carbons (Fsp3) is 1.00. The zero-order valence-corrected chi connectivity index (χ0v) is 9.81. The third-order valence-electron chi connectivity index (χ3n) is 0.815. The first-order valence-corrected chi connectivity index (χ1v) is 5.35. The Morgan fingerprint density at radius 3 is 1.27 bits per heavy atom. The van der Waals surface area contributed by atoms with Crippen molar-refractivity contribution in [1.29, 1.82) is 0 Å². The van der Waals surface area contributed by atoms with Gasteiger partial charge in [-0.1, -0.05) is 20.3 Å². The van der Waals surface area contributed by atoms with E-state index in [0.717, 1.165) is 19.3 Å². The number of hydrogen-bond acceptors (Lipinski definition) is 0. The lowest BCUT2D eigenvalue weighted by Crippen LogP contribution is -1.80. The van der Waals surface area contributed by atoms with Gasteiger partial charge in [0.05, 0.1) is 0 Å². The molecule has 0 bridgehead atoms. The second-order valence-corrected chi connectivity index (χ2v) is 4.53. The molecule has 4 heteroatoms. The minimum absolute atomic E-state index is 0.157. The molecule has 0 rings (SSSR count). The number of hydrogen-bond donors (Lipinski definition) is 0. The van der Waals surface area contributed by atoms with Crippen LogP contribution >= 0.6 is 46.4 Å². The van der Waals surface area contributed by atoms with Crippen LogP contribution in [0.1, 0.15) is 33.1 Å². The Bertz CT molecular complexity index is 63.5. The van der Waals surface area contributed by atoms with Gasteiger partial charge < -0.3 is 0 Å². The molecule has 0 amide bonds. The summed E-state index contributed by atoms with van der Waals surface area (Å²) in [4.78, 5) is -0.329. The molecule has 11 heavy (non-hydrogen) atoms. The molecule has 0 spiro atoms. The molecule has 0 unspecified atom stereocenters. The van der Waals surface area contributed by atoms with Gasteiger partial charge in [0.2, 0.25) is 0 Å². The highest BCUT2D eigenvalue weighted by Crippen LogP contribution is 2.07. The van der Waals surface area contributed by atoms with Crippen LogP contribution in [0.2, 0.25) is 0 Å². The van der Waals surface area contributed by atoms with E-state index in [-0.39, 0.29) is 9.67 Å². The van der Waals surface area contributed by atoms with Crippen molar-refractivity contribution in [2.75, 3.05) is 0 Å². The Morgan fingerprint density at radius 1 is 0.909 bits per heavy atom. The van der Waals surface area contributed by atoms with Crippen LogP contribution in [-0.2, 0) is 0 Å². The molecule has 0 nitrogen and oxygen atoms in total. The van der Waals surface area contributed by atoms with Crippen molar-refractivity contribution in [2.24, 2.45) is 0 Å². The fourth-order valence-electron chi connectivity index (χ4n) is 0.218. The van der Waals surface area contributed by atoms with Gasteiger partial charge in [-0.3, -0.25) is 0 Å². The molecule has 0 aromatic carbocycles. The average Bonchev–Trinajstić information content (AvgIpc) is 1.89. The molecule has 0 aliphatic heterocycles. The van der Waals surface area contributed by atoms with Gasteiger partial charge in [-0.05, 0) is 12.8 Å². The summed E-state index contributed by atoms with van der Waals surface area (Å²) in [6.45, 7) is 3.99. The minimum atomic E-state index is -0.171. The second kappa shape index (κ2) is 11.2. The molecule has 0 heterocycles. The van der Waals surface area contributed by atoms with Gasteiger partial charge in [-0.15, -0.1) is 46.4 Å². The highest BCUT2D eigenvalue weighted by molar-refractivity contribution is 6.44. The molecule has 0 aromatic heterocycles. The van der Waals surface area contributed by atoms with Gasteiger partial charge in [0, 0.05) is 0 Å². The Kier molecular flexibility index (Phi) is 14.9. The van der Waals surface area contributed by atoms with Gasteiger partial charge in [-0.2, -0.15) is 0 Å². The van der Waals surface area contributed by atoms with E-state index < -0.39 is 0 Å². The van der Waals surface area contributed by atoms with E-state index in [1.54, 1.807) is 0 Å². The van der Waals surface area contributed by atoms with Crippen LogP contribution in [0.3, 0.4) is 0 Å². The molecule has 0 atom stereocenters. The first-order valence-electron chi connectivity index (χ1n) is 3.60. The van der Waals surface area contributed by atoms with Crippen molar-refractivity contribution in [1.82, 2.24) is 0 Å². The van der Waals surface area contributed by atoms with Crippen LogP contribution in [0.15, 0.2) is 0 Å². The predicted molar refractivity (Wildman–Crippen MR) is 56.2 cm³/mol. The summed E-state index contributed by atoms with van der Waals surface area (Å²) in [7, 11) is 0. The molecule has 0 aliphatic rings. The van der Waals surface area contributed by atoms with Crippen LogP contribution in [0, 0.1) is 0 Å². The molecule has 0 saturated heterocycles. The van der Waals surface area contributed by atoms with Crippen molar-refractivity contribution in [3.8, 4) is 0 Å². The van der Waals surface area contributed by atoms with Crippen molar-refractivity contribution in [3.63, 3.8) is 0 Å². The summed E-state index contributed by atoms with van der Waals surface area (Å²) >= 11 is 21.1. The molecule has 0 aromatic rings. The molecule has 0 saturated carbocycles. The largest absolute Gasteiger partial charge is 0.107 e. The van der Waals surface area contributed by atoms with E-state index in [1.807, 2.05) is 6.92 Å². The van der Waals surface area contributed by atoms with Crippen molar-refractivity contribution >= 4 is 46.4 Å². The topological polar surface area (TPSA) is 0 Å². The van der Waals surface area contributed by atoms with Gasteiger partial charge in [-0.25, -0.2) is 0 Å². The van der Waals surface area contributed by atoms with E-state index in [2.05, 4.69) is 6.92 Å². The SMILES string of the molecule is CCC(Cl)Cl.CCCC(Cl)Cl. The van der Waals surface area contributed by atoms with Crippen LogP contribution in [-0.4, -0.2) is 9.67 Å². The Hall–Kier alpha value is 1.16. The lowest BCUT2D eigenvalue weighted by molar-refractivity contribution is 0.859. The second-order valence-electron chi connectivity index (χ2n) is 1.98. The monoisotopic (exact) mass is 238 g/mol. The summed E-state index contributed by atoms with van der Waals surface area (Å²) in [6.07, 6.45) is 2.81. The van der Waals surface area contributed by atoms with Crippen LogP contribution in [0.4, 0.5) is 0 Å². The molecule has 70 valence electrons. The van der Waals surface area contributed by atoms with E-state index in [9.17, 15) is 0 Å². The van der Waals surface area contributed by atoms with Crippen molar-refractivity contribution in [3.05, 3.63) is 0 Å².